The van der Waals surface area contributed by atoms with Gasteiger partial charge < -0.3 is 29.6 Å². The summed E-state index contributed by atoms with van der Waals surface area (Å²) in [5.41, 5.74) is 2.95. The van der Waals surface area contributed by atoms with Crippen LogP contribution in [0.25, 0.3) is 11.0 Å². The van der Waals surface area contributed by atoms with Crippen molar-refractivity contribution in [1.29, 1.82) is 0 Å². The molecule has 1 aliphatic carbocycles. The predicted molar refractivity (Wildman–Crippen MR) is 127 cm³/mol. The first-order valence-corrected chi connectivity index (χ1v) is 11.6. The van der Waals surface area contributed by atoms with Crippen molar-refractivity contribution in [3.63, 3.8) is 0 Å². The second-order valence-electron chi connectivity index (χ2n) is 8.78. The van der Waals surface area contributed by atoms with Gasteiger partial charge in [-0.05, 0) is 50.6 Å². The summed E-state index contributed by atoms with van der Waals surface area (Å²) in [4.78, 5) is 28.8. The Kier molecular flexibility index (Phi) is 7.61. The minimum Gasteiger partial charge on any atom is -0.498 e. The molecular formula is C24H34N6O3. The van der Waals surface area contributed by atoms with Crippen LogP contribution in [0.1, 0.15) is 37.7 Å². The van der Waals surface area contributed by atoms with Gasteiger partial charge >= 0.3 is 0 Å². The molecule has 33 heavy (non-hydrogen) atoms. The summed E-state index contributed by atoms with van der Waals surface area (Å²) in [5, 5.41) is 4.50. The zero-order chi connectivity index (χ0) is 23.2. The van der Waals surface area contributed by atoms with Crippen LogP contribution in [0.3, 0.4) is 0 Å². The Balaban J connectivity index is 1.59. The molecule has 0 aromatic carbocycles. The zero-order valence-corrected chi connectivity index (χ0v) is 19.8. The first-order chi connectivity index (χ1) is 16.0. The third-order valence-corrected chi connectivity index (χ3v) is 6.24. The summed E-state index contributed by atoms with van der Waals surface area (Å²) in [6.07, 6.45) is 11.2. The van der Waals surface area contributed by atoms with E-state index in [9.17, 15) is 4.79 Å². The highest BCUT2D eigenvalue weighted by Gasteiger charge is 2.23. The van der Waals surface area contributed by atoms with Crippen LogP contribution in [0.5, 0.6) is 0 Å². The fourth-order valence-corrected chi connectivity index (χ4v) is 4.36. The molecule has 0 radical (unpaired) electrons. The van der Waals surface area contributed by atoms with Crippen LogP contribution < -0.4 is 5.32 Å². The fraction of sp³-hybridized carbons (Fsp3) is 0.542. The minimum atomic E-state index is -0.169. The van der Waals surface area contributed by atoms with Crippen molar-refractivity contribution < 1.29 is 14.3 Å². The third-order valence-electron chi connectivity index (χ3n) is 6.24. The number of anilines is 1. The van der Waals surface area contributed by atoms with Crippen LogP contribution in [0.4, 0.5) is 5.82 Å². The molecule has 4 rings (SSSR count). The van der Waals surface area contributed by atoms with Gasteiger partial charge in [-0.1, -0.05) is 0 Å². The number of fused-ring (bicyclic) bond motifs is 2. The van der Waals surface area contributed by atoms with Crippen molar-refractivity contribution in [2.24, 2.45) is 0 Å². The van der Waals surface area contributed by atoms with E-state index in [1.165, 1.54) is 0 Å². The summed E-state index contributed by atoms with van der Waals surface area (Å²) >= 11 is 0. The molecule has 178 valence electrons. The SMILES string of the molecule is COC1=CC=C2CC1OCCCCC(=O)N(C)CCCN(C)Cc1c[nH]c3ncnc(c13)N2. The Hall–Kier alpha value is -2.91. The summed E-state index contributed by atoms with van der Waals surface area (Å²) < 4.78 is 11.7. The highest BCUT2D eigenvalue weighted by atomic mass is 16.5. The number of hydrogen-bond acceptors (Lipinski definition) is 7. The Labute approximate surface area is 194 Å². The van der Waals surface area contributed by atoms with E-state index < -0.39 is 0 Å². The predicted octanol–water partition coefficient (Wildman–Crippen LogP) is 3.04. The quantitative estimate of drug-likeness (QED) is 0.684. The molecule has 1 aliphatic heterocycles. The van der Waals surface area contributed by atoms with Crippen molar-refractivity contribution in [1.82, 2.24) is 24.8 Å². The number of ether oxygens (including phenoxy) is 2. The monoisotopic (exact) mass is 454 g/mol. The van der Waals surface area contributed by atoms with Gasteiger partial charge in [0.25, 0.3) is 0 Å². The van der Waals surface area contributed by atoms with Crippen molar-refractivity contribution in [2.75, 3.05) is 46.2 Å². The Bertz CT molecular complexity index is 1030. The number of amides is 1. The molecule has 1 atom stereocenters. The van der Waals surface area contributed by atoms with Gasteiger partial charge in [-0.25, -0.2) is 9.97 Å². The molecule has 2 N–H and O–H groups in total. The maximum atomic E-state index is 12.4. The van der Waals surface area contributed by atoms with Gasteiger partial charge in [0.1, 0.15) is 29.7 Å². The maximum absolute atomic E-state index is 12.4. The van der Waals surface area contributed by atoms with E-state index in [1.807, 2.05) is 30.3 Å². The Morgan fingerprint density at radius 2 is 2.03 bits per heavy atom. The number of nitrogens with zero attached hydrogens (tertiary/aromatic N) is 4. The van der Waals surface area contributed by atoms with Crippen molar-refractivity contribution in [3.05, 3.63) is 41.7 Å². The Morgan fingerprint density at radius 3 is 2.88 bits per heavy atom. The summed E-state index contributed by atoms with van der Waals surface area (Å²) in [6.45, 7) is 2.99. The highest BCUT2D eigenvalue weighted by Crippen LogP contribution is 2.29. The molecule has 0 saturated heterocycles. The second-order valence-corrected chi connectivity index (χ2v) is 8.78. The molecule has 9 heteroatoms. The van der Waals surface area contributed by atoms with Crippen molar-refractivity contribution in [2.45, 2.75) is 44.8 Å². The second kappa shape index (κ2) is 10.8. The van der Waals surface area contributed by atoms with Gasteiger partial charge in [-0.15, -0.1) is 0 Å². The largest absolute Gasteiger partial charge is 0.498 e. The summed E-state index contributed by atoms with van der Waals surface area (Å²) in [5.74, 6) is 1.78. The lowest BCUT2D eigenvalue weighted by Crippen LogP contribution is -2.30. The molecule has 2 aromatic heterocycles. The standard InChI is InChI=1S/C24H34N6O3/c1-29-10-6-11-30(2)21(31)7-4-5-12-33-20-13-18(8-9-19(20)32-3)28-24-22-17(15-29)14-25-23(22)26-16-27-24/h8-9,14,16,20H,4-7,10-13,15H2,1-3H3,(H2,25,26,27,28). The molecule has 2 aliphatic rings. The third kappa shape index (κ3) is 5.72. The van der Waals surface area contributed by atoms with Crippen LogP contribution in [0.15, 0.2) is 36.1 Å². The van der Waals surface area contributed by atoms with Crippen molar-refractivity contribution in [3.8, 4) is 0 Å². The molecule has 9 nitrogen and oxygen atoms in total. The number of methoxy groups -OCH3 is 1. The molecule has 0 fully saturated rings. The molecule has 2 bridgehead atoms. The molecule has 1 unspecified atom stereocenters. The number of rotatable bonds is 1. The number of aromatic nitrogens is 3. The number of nitrogens with one attached hydrogen (secondary N) is 2. The molecule has 0 saturated carbocycles. The van der Waals surface area contributed by atoms with Crippen LogP contribution in [-0.2, 0) is 20.8 Å². The lowest BCUT2D eigenvalue weighted by molar-refractivity contribution is -0.130. The number of H-pyrrole nitrogens is 1. The van der Waals surface area contributed by atoms with E-state index in [0.717, 1.165) is 72.8 Å². The highest BCUT2D eigenvalue weighted by molar-refractivity contribution is 5.91. The number of hydrogen-bond donors (Lipinski definition) is 2. The topological polar surface area (TPSA) is 95.6 Å². The summed E-state index contributed by atoms with van der Waals surface area (Å²) in [7, 11) is 5.66. The van der Waals surface area contributed by atoms with Gasteiger partial charge in [0, 0.05) is 51.5 Å². The van der Waals surface area contributed by atoms with Gasteiger partial charge in [-0.3, -0.25) is 4.79 Å². The first-order valence-electron chi connectivity index (χ1n) is 11.6. The molecular weight excluding hydrogens is 420 g/mol. The lowest BCUT2D eigenvalue weighted by atomic mass is 10.1. The minimum absolute atomic E-state index is 0.169. The first kappa shape index (κ1) is 23.3. The fourth-order valence-electron chi connectivity index (χ4n) is 4.36. The molecule has 0 spiro atoms. The van der Waals surface area contributed by atoms with Gasteiger partial charge in [0.05, 0.1) is 12.5 Å². The van der Waals surface area contributed by atoms with E-state index >= 15 is 0 Å². The summed E-state index contributed by atoms with van der Waals surface area (Å²) in [6, 6.07) is 0. The Morgan fingerprint density at radius 1 is 1.15 bits per heavy atom. The molecule has 2 aromatic rings. The lowest BCUT2D eigenvalue weighted by Gasteiger charge is -2.25. The number of carbonyl (C=O) groups excluding carboxylic acids is 1. The number of allylic oxidation sites excluding steroid dienone is 2. The van der Waals surface area contributed by atoms with Crippen LogP contribution >= 0.6 is 0 Å². The molecule has 3 heterocycles. The van der Waals surface area contributed by atoms with Crippen molar-refractivity contribution >= 4 is 22.8 Å². The van der Waals surface area contributed by atoms with Gasteiger partial charge in [-0.2, -0.15) is 0 Å². The van der Waals surface area contributed by atoms with Crippen LogP contribution in [0, 0.1) is 0 Å². The number of aromatic amines is 1. The smallest absolute Gasteiger partial charge is 0.222 e. The number of carbonyl (C=O) groups is 1. The van der Waals surface area contributed by atoms with Crippen LogP contribution in [-0.4, -0.2) is 77.7 Å². The van der Waals surface area contributed by atoms with E-state index in [0.29, 0.717) is 19.4 Å². The maximum Gasteiger partial charge on any atom is 0.222 e. The average molecular weight is 455 g/mol. The van der Waals surface area contributed by atoms with Gasteiger partial charge in [0.15, 0.2) is 0 Å². The van der Waals surface area contributed by atoms with Crippen LogP contribution in [0.2, 0.25) is 0 Å². The molecule has 1 amide bonds. The van der Waals surface area contributed by atoms with E-state index in [4.69, 9.17) is 9.47 Å². The average Bonchev–Trinajstić information content (AvgIpc) is 3.22. The zero-order valence-electron chi connectivity index (χ0n) is 19.8. The normalized spacial score (nSPS) is 22.0. The van der Waals surface area contributed by atoms with Gasteiger partial charge in [0.2, 0.25) is 5.91 Å². The van der Waals surface area contributed by atoms with E-state index in [2.05, 4.69) is 32.2 Å². The van der Waals surface area contributed by atoms with E-state index in [-0.39, 0.29) is 12.0 Å². The van der Waals surface area contributed by atoms with E-state index in [1.54, 1.807) is 13.4 Å².